The van der Waals surface area contributed by atoms with Crippen molar-refractivity contribution in [1.82, 2.24) is 4.98 Å². The number of nitrogens with one attached hydrogen (secondary N) is 1. The van der Waals surface area contributed by atoms with Crippen LogP contribution in [0, 0.1) is 24.7 Å². The molecule has 0 atom stereocenters. The summed E-state index contributed by atoms with van der Waals surface area (Å²) in [7, 11) is 0. The Bertz CT molecular complexity index is 739. The Labute approximate surface area is 99.5 Å². The molecule has 1 nitrogen and oxygen atoms in total. The summed E-state index contributed by atoms with van der Waals surface area (Å²) in [5.74, 6) is 5.30. The van der Waals surface area contributed by atoms with Gasteiger partial charge in [-0.15, -0.1) is 12.8 Å². The summed E-state index contributed by atoms with van der Waals surface area (Å²) < 4.78 is 0. The van der Waals surface area contributed by atoms with Crippen molar-refractivity contribution in [3.63, 3.8) is 0 Å². The summed E-state index contributed by atoms with van der Waals surface area (Å²) in [4.78, 5) is 3.34. The fourth-order valence-corrected chi connectivity index (χ4v) is 2.08. The summed E-state index contributed by atoms with van der Waals surface area (Å²) in [5, 5.41) is 2.24. The molecule has 0 aliphatic carbocycles. The van der Waals surface area contributed by atoms with E-state index in [0.29, 0.717) is 0 Å². The largest absolute Gasteiger partial charge is 0.355 e. The van der Waals surface area contributed by atoms with Crippen molar-refractivity contribution in [2.24, 2.45) is 0 Å². The molecule has 0 saturated heterocycles. The van der Waals surface area contributed by atoms with Crippen LogP contribution in [0.15, 0.2) is 36.4 Å². The van der Waals surface area contributed by atoms with E-state index >= 15 is 0 Å². The van der Waals surface area contributed by atoms with E-state index in [-0.39, 0.29) is 0 Å². The molecule has 1 heterocycles. The third-order valence-electron chi connectivity index (χ3n) is 2.93. The third kappa shape index (κ3) is 1.38. The lowest BCUT2D eigenvalue weighted by Crippen LogP contribution is -1.74. The number of fused-ring (bicyclic) bond motifs is 3. The summed E-state index contributed by atoms with van der Waals surface area (Å²) in [6, 6.07) is 11.9. The van der Waals surface area contributed by atoms with Crippen LogP contribution < -0.4 is 0 Å². The standard InChI is InChI=1S/C16H9N/c1-3-11-5-7-15-13(9-11)14-10-12(4-2)6-8-16(14)17-15/h1-2,5-10,17H. The molecule has 1 aromatic heterocycles. The molecule has 0 amide bonds. The molecule has 1 N–H and O–H groups in total. The maximum absolute atomic E-state index is 5.42. The molecule has 78 valence electrons. The van der Waals surface area contributed by atoms with Crippen LogP contribution in [0.2, 0.25) is 0 Å². The lowest BCUT2D eigenvalue weighted by molar-refractivity contribution is 1.54. The van der Waals surface area contributed by atoms with Gasteiger partial charge in [-0.1, -0.05) is 11.8 Å². The molecule has 0 saturated carbocycles. The molecule has 0 bridgehead atoms. The molecule has 0 unspecified atom stereocenters. The van der Waals surface area contributed by atoms with Crippen LogP contribution >= 0.6 is 0 Å². The van der Waals surface area contributed by atoms with Gasteiger partial charge in [0.15, 0.2) is 0 Å². The minimum absolute atomic E-state index is 0.879. The normalized spacial score (nSPS) is 10.2. The second-order valence-corrected chi connectivity index (χ2v) is 3.93. The van der Waals surface area contributed by atoms with Gasteiger partial charge in [-0.2, -0.15) is 0 Å². The Kier molecular flexibility index (Phi) is 1.94. The molecular weight excluding hydrogens is 206 g/mol. The summed E-state index contributed by atoms with van der Waals surface area (Å²) >= 11 is 0. The van der Waals surface area contributed by atoms with Gasteiger partial charge in [-0.05, 0) is 36.4 Å². The van der Waals surface area contributed by atoms with E-state index < -0.39 is 0 Å². The highest BCUT2D eigenvalue weighted by molar-refractivity contribution is 6.08. The van der Waals surface area contributed by atoms with Crippen molar-refractivity contribution >= 4 is 21.8 Å². The van der Waals surface area contributed by atoms with Crippen molar-refractivity contribution in [2.75, 3.05) is 0 Å². The van der Waals surface area contributed by atoms with Crippen molar-refractivity contribution in [3.8, 4) is 24.7 Å². The van der Waals surface area contributed by atoms with E-state index in [1.54, 1.807) is 0 Å². The lowest BCUT2D eigenvalue weighted by Gasteiger charge is -1.94. The van der Waals surface area contributed by atoms with E-state index in [2.05, 4.69) is 16.8 Å². The maximum Gasteiger partial charge on any atom is 0.0465 e. The zero-order valence-corrected chi connectivity index (χ0v) is 9.12. The van der Waals surface area contributed by atoms with Crippen molar-refractivity contribution in [2.45, 2.75) is 0 Å². The first kappa shape index (κ1) is 9.58. The SMILES string of the molecule is C#Cc1ccc2[nH]c3ccc(C#C)cc3c2c1. The highest BCUT2D eigenvalue weighted by Gasteiger charge is 2.04. The fourth-order valence-electron chi connectivity index (χ4n) is 2.08. The predicted octanol–water partition coefficient (Wildman–Crippen LogP) is 3.28. The number of aromatic amines is 1. The van der Waals surface area contributed by atoms with Crippen LogP contribution in [0.4, 0.5) is 0 Å². The quantitative estimate of drug-likeness (QED) is 0.554. The van der Waals surface area contributed by atoms with Crippen LogP contribution in [-0.2, 0) is 0 Å². The lowest BCUT2D eigenvalue weighted by atomic mass is 10.1. The molecule has 3 aromatic rings. The van der Waals surface area contributed by atoms with E-state index in [1.807, 2.05) is 36.4 Å². The first-order chi connectivity index (χ1) is 8.31. The highest BCUT2D eigenvalue weighted by atomic mass is 14.7. The van der Waals surface area contributed by atoms with Crippen molar-refractivity contribution in [1.29, 1.82) is 0 Å². The third-order valence-corrected chi connectivity index (χ3v) is 2.93. The zero-order valence-electron chi connectivity index (χ0n) is 9.12. The molecule has 1 heteroatoms. The summed E-state index contributed by atoms with van der Waals surface area (Å²) in [6.45, 7) is 0. The topological polar surface area (TPSA) is 15.8 Å². The van der Waals surface area contributed by atoms with Gasteiger partial charge in [0.05, 0.1) is 0 Å². The Morgan fingerprint density at radius 2 is 1.24 bits per heavy atom. The van der Waals surface area contributed by atoms with E-state index in [4.69, 9.17) is 12.8 Å². The van der Waals surface area contributed by atoms with Gasteiger partial charge in [0.1, 0.15) is 0 Å². The van der Waals surface area contributed by atoms with Crippen LogP contribution in [0.5, 0.6) is 0 Å². The minimum Gasteiger partial charge on any atom is -0.355 e. The Balaban J connectivity index is 2.47. The Morgan fingerprint density at radius 3 is 1.65 bits per heavy atom. The van der Waals surface area contributed by atoms with Gasteiger partial charge >= 0.3 is 0 Å². The number of benzene rings is 2. The smallest absolute Gasteiger partial charge is 0.0465 e. The fraction of sp³-hybridized carbons (Fsp3) is 0. The number of rotatable bonds is 0. The van der Waals surface area contributed by atoms with Gasteiger partial charge in [-0.3, -0.25) is 0 Å². The Morgan fingerprint density at radius 1 is 0.765 bits per heavy atom. The predicted molar refractivity (Wildman–Crippen MR) is 71.7 cm³/mol. The van der Waals surface area contributed by atoms with Crippen molar-refractivity contribution in [3.05, 3.63) is 47.5 Å². The highest BCUT2D eigenvalue weighted by Crippen LogP contribution is 2.26. The Hall–Kier alpha value is -2.64. The van der Waals surface area contributed by atoms with E-state index in [0.717, 1.165) is 32.9 Å². The van der Waals surface area contributed by atoms with Crippen LogP contribution in [0.1, 0.15) is 11.1 Å². The molecule has 17 heavy (non-hydrogen) atoms. The van der Waals surface area contributed by atoms with Crippen molar-refractivity contribution < 1.29 is 0 Å². The van der Waals surface area contributed by atoms with Crippen LogP contribution in [0.3, 0.4) is 0 Å². The average Bonchev–Trinajstić information content (AvgIpc) is 2.75. The first-order valence-corrected chi connectivity index (χ1v) is 5.30. The second kappa shape index (κ2) is 3.44. The molecule has 0 aliphatic rings. The average molecular weight is 215 g/mol. The number of H-pyrrole nitrogens is 1. The molecule has 2 aromatic carbocycles. The number of aromatic nitrogens is 1. The molecule has 0 spiro atoms. The number of hydrogen-bond acceptors (Lipinski definition) is 0. The van der Waals surface area contributed by atoms with Crippen LogP contribution in [-0.4, -0.2) is 4.98 Å². The van der Waals surface area contributed by atoms with E-state index in [9.17, 15) is 0 Å². The maximum atomic E-state index is 5.42. The van der Waals surface area contributed by atoms with Gasteiger partial charge in [-0.25, -0.2) is 0 Å². The monoisotopic (exact) mass is 215 g/mol. The first-order valence-electron chi connectivity index (χ1n) is 5.30. The molecular formula is C16H9N. The second-order valence-electron chi connectivity index (χ2n) is 3.93. The molecule has 0 fully saturated rings. The number of terminal acetylenes is 2. The molecule has 0 aliphatic heterocycles. The molecule has 3 rings (SSSR count). The summed E-state index contributed by atoms with van der Waals surface area (Å²) in [5.41, 5.74) is 3.91. The van der Waals surface area contributed by atoms with Crippen LogP contribution in [0.25, 0.3) is 21.8 Å². The zero-order chi connectivity index (χ0) is 11.8. The number of hydrogen-bond donors (Lipinski definition) is 1. The van der Waals surface area contributed by atoms with Gasteiger partial charge in [0.2, 0.25) is 0 Å². The van der Waals surface area contributed by atoms with Gasteiger partial charge in [0, 0.05) is 32.9 Å². The van der Waals surface area contributed by atoms with Gasteiger partial charge in [0.25, 0.3) is 0 Å². The summed E-state index contributed by atoms with van der Waals surface area (Å²) in [6.07, 6.45) is 10.8. The van der Waals surface area contributed by atoms with Gasteiger partial charge < -0.3 is 4.98 Å². The van der Waals surface area contributed by atoms with E-state index in [1.165, 1.54) is 0 Å². The minimum atomic E-state index is 0.879. The molecule has 0 radical (unpaired) electrons.